The van der Waals surface area contributed by atoms with E-state index in [1.54, 1.807) is 16.4 Å². The Morgan fingerprint density at radius 2 is 1.97 bits per heavy atom. The maximum absolute atomic E-state index is 13.2. The van der Waals surface area contributed by atoms with Gasteiger partial charge in [-0.05, 0) is 30.9 Å². The van der Waals surface area contributed by atoms with Gasteiger partial charge in [0.1, 0.15) is 21.8 Å². The number of amides is 1. The van der Waals surface area contributed by atoms with Crippen molar-refractivity contribution in [1.29, 1.82) is 5.26 Å². The fourth-order valence-corrected chi connectivity index (χ4v) is 5.19. The molecule has 32 heavy (non-hydrogen) atoms. The first-order valence-corrected chi connectivity index (χ1v) is 12.3. The fourth-order valence-electron chi connectivity index (χ4n) is 3.94. The van der Waals surface area contributed by atoms with Crippen LogP contribution in [0.2, 0.25) is 0 Å². The van der Waals surface area contributed by atoms with E-state index in [-0.39, 0.29) is 17.0 Å². The number of nitrogens with zero attached hydrogens (tertiary/aromatic N) is 4. The lowest BCUT2D eigenvalue weighted by molar-refractivity contribution is -0.122. The van der Waals surface area contributed by atoms with E-state index in [4.69, 9.17) is 17.0 Å². The van der Waals surface area contributed by atoms with Crippen LogP contribution in [0.3, 0.4) is 0 Å². The van der Waals surface area contributed by atoms with Crippen LogP contribution >= 0.6 is 24.0 Å². The van der Waals surface area contributed by atoms with Crippen molar-refractivity contribution >= 4 is 46.1 Å². The molecule has 0 unspecified atom stereocenters. The molecule has 0 bridgehead atoms. The van der Waals surface area contributed by atoms with Crippen LogP contribution in [0.25, 0.3) is 6.08 Å². The number of unbranched alkanes of at least 4 members (excludes halogenated alkanes) is 1. The zero-order valence-electron chi connectivity index (χ0n) is 19.1. The molecule has 0 N–H and O–H groups in total. The molecule has 0 aromatic carbocycles. The molecule has 2 saturated heterocycles. The van der Waals surface area contributed by atoms with Crippen molar-refractivity contribution < 1.29 is 9.53 Å². The Balaban J connectivity index is 2.20. The number of rotatable bonds is 7. The average Bonchev–Trinajstić information content (AvgIpc) is 3.02. The molecule has 172 valence electrons. The van der Waals surface area contributed by atoms with Gasteiger partial charge in [-0.1, -0.05) is 51.2 Å². The molecule has 0 spiro atoms. The van der Waals surface area contributed by atoms with E-state index in [1.807, 2.05) is 19.9 Å². The minimum absolute atomic E-state index is 0.120. The fraction of sp³-hybridized carbons (Fsp3) is 0.565. The molecule has 0 radical (unpaired) electrons. The summed E-state index contributed by atoms with van der Waals surface area (Å²) in [6.45, 7) is 11.5. The Hall–Kier alpha value is -2.15. The maximum Gasteiger partial charge on any atom is 0.270 e. The summed E-state index contributed by atoms with van der Waals surface area (Å²) in [5.74, 6) is 0.937. The van der Waals surface area contributed by atoms with Crippen molar-refractivity contribution in [1.82, 2.24) is 9.47 Å². The lowest BCUT2D eigenvalue weighted by Crippen LogP contribution is -2.41. The standard InChI is InChI=1S/C23H30N4O3S2/c1-5-6-7-26-20(25-8-10-30-11-9-25)17(16(4)18(13-24)21(26)28)12-19-22(29)27(14-15(2)3)23(31)32-19/h12,15H,5-11,14H2,1-4H3. The average molecular weight is 475 g/mol. The molecule has 0 aliphatic carbocycles. The first-order chi connectivity index (χ1) is 15.3. The topological polar surface area (TPSA) is 78.6 Å². The molecule has 1 aromatic rings. The molecule has 2 fully saturated rings. The Labute approximate surface area is 199 Å². The van der Waals surface area contributed by atoms with E-state index in [0.717, 1.165) is 24.2 Å². The highest BCUT2D eigenvalue weighted by molar-refractivity contribution is 8.26. The van der Waals surface area contributed by atoms with Crippen LogP contribution in [0.4, 0.5) is 5.82 Å². The van der Waals surface area contributed by atoms with Crippen molar-refractivity contribution in [3.63, 3.8) is 0 Å². The van der Waals surface area contributed by atoms with Crippen molar-refractivity contribution in [2.75, 3.05) is 37.7 Å². The molecule has 7 nitrogen and oxygen atoms in total. The largest absolute Gasteiger partial charge is 0.378 e. The number of ether oxygens (including phenoxy) is 1. The van der Waals surface area contributed by atoms with Crippen LogP contribution in [0.5, 0.6) is 0 Å². The third-order valence-corrected chi connectivity index (χ3v) is 6.97. The maximum atomic E-state index is 13.2. The first-order valence-electron chi connectivity index (χ1n) is 11.1. The van der Waals surface area contributed by atoms with Gasteiger partial charge >= 0.3 is 0 Å². The van der Waals surface area contributed by atoms with Gasteiger partial charge in [-0.25, -0.2) is 0 Å². The van der Waals surface area contributed by atoms with Gasteiger partial charge in [0.2, 0.25) is 0 Å². The number of hydrogen-bond donors (Lipinski definition) is 0. The molecule has 2 aliphatic heterocycles. The molecular formula is C23H30N4O3S2. The predicted molar refractivity (Wildman–Crippen MR) is 133 cm³/mol. The molecule has 1 aromatic heterocycles. The first kappa shape index (κ1) is 24.5. The van der Waals surface area contributed by atoms with Crippen LogP contribution < -0.4 is 10.5 Å². The van der Waals surface area contributed by atoms with Crippen LogP contribution in [0, 0.1) is 24.2 Å². The van der Waals surface area contributed by atoms with Crippen molar-refractivity contribution in [2.24, 2.45) is 5.92 Å². The third kappa shape index (κ3) is 4.92. The number of morpholine rings is 1. The molecular weight excluding hydrogens is 444 g/mol. The highest BCUT2D eigenvalue weighted by atomic mass is 32.2. The highest BCUT2D eigenvalue weighted by Crippen LogP contribution is 2.36. The van der Waals surface area contributed by atoms with E-state index < -0.39 is 0 Å². The van der Waals surface area contributed by atoms with E-state index in [9.17, 15) is 14.9 Å². The van der Waals surface area contributed by atoms with Gasteiger partial charge in [0.05, 0.1) is 18.1 Å². The number of thiocarbonyl (C=S) groups is 1. The van der Waals surface area contributed by atoms with E-state index in [0.29, 0.717) is 60.1 Å². The number of carbonyl (C=O) groups is 1. The smallest absolute Gasteiger partial charge is 0.270 e. The lowest BCUT2D eigenvalue weighted by Gasteiger charge is -2.33. The normalized spacial score (nSPS) is 18.2. The number of anilines is 1. The Morgan fingerprint density at radius 3 is 2.56 bits per heavy atom. The summed E-state index contributed by atoms with van der Waals surface area (Å²) in [5.41, 5.74) is 1.19. The van der Waals surface area contributed by atoms with Crippen LogP contribution in [-0.4, -0.2) is 52.5 Å². The minimum atomic E-state index is -0.274. The molecule has 0 saturated carbocycles. The molecule has 3 heterocycles. The predicted octanol–water partition coefficient (Wildman–Crippen LogP) is 3.52. The number of carbonyl (C=O) groups excluding carboxylic acids is 1. The molecule has 9 heteroatoms. The number of pyridine rings is 1. The van der Waals surface area contributed by atoms with E-state index >= 15 is 0 Å². The van der Waals surface area contributed by atoms with Crippen LogP contribution in [0.15, 0.2) is 9.70 Å². The van der Waals surface area contributed by atoms with Gasteiger partial charge in [0, 0.05) is 31.7 Å². The summed E-state index contributed by atoms with van der Waals surface area (Å²) in [5, 5.41) is 9.75. The quantitative estimate of drug-likeness (QED) is 0.442. The molecule has 2 aliphatic rings. The summed E-state index contributed by atoms with van der Waals surface area (Å²) in [6, 6.07) is 2.10. The third-order valence-electron chi connectivity index (χ3n) is 5.59. The molecule has 0 atom stereocenters. The monoisotopic (exact) mass is 474 g/mol. The Morgan fingerprint density at radius 1 is 1.28 bits per heavy atom. The number of hydrogen-bond acceptors (Lipinski definition) is 7. The van der Waals surface area contributed by atoms with Crippen molar-refractivity contribution in [2.45, 2.75) is 47.1 Å². The van der Waals surface area contributed by atoms with E-state index in [1.165, 1.54) is 11.8 Å². The van der Waals surface area contributed by atoms with Crippen LogP contribution in [-0.2, 0) is 16.1 Å². The van der Waals surface area contributed by atoms with Crippen molar-refractivity contribution in [3.8, 4) is 6.07 Å². The SMILES string of the molecule is CCCCn1c(N2CCOCC2)c(C=C2SC(=S)N(CC(C)C)C2=O)c(C)c(C#N)c1=O. The van der Waals surface area contributed by atoms with Crippen LogP contribution in [0.1, 0.15) is 50.3 Å². The lowest BCUT2D eigenvalue weighted by atomic mass is 10.0. The van der Waals surface area contributed by atoms with Gasteiger partial charge in [0.15, 0.2) is 0 Å². The summed E-state index contributed by atoms with van der Waals surface area (Å²) in [4.78, 5) is 30.6. The van der Waals surface area contributed by atoms with Gasteiger partial charge in [-0.2, -0.15) is 5.26 Å². The Bertz CT molecular complexity index is 1030. The molecule has 3 rings (SSSR count). The zero-order chi connectivity index (χ0) is 23.4. The summed E-state index contributed by atoms with van der Waals surface area (Å²) in [7, 11) is 0. The number of aromatic nitrogens is 1. The zero-order valence-corrected chi connectivity index (χ0v) is 20.8. The van der Waals surface area contributed by atoms with Gasteiger partial charge in [-0.15, -0.1) is 0 Å². The number of nitriles is 1. The summed E-state index contributed by atoms with van der Waals surface area (Å²) < 4.78 is 7.78. The number of thioether (sulfide) groups is 1. The Kier molecular flexibility index (Phi) is 8.15. The van der Waals surface area contributed by atoms with Crippen molar-refractivity contribution in [3.05, 3.63) is 31.9 Å². The second-order valence-corrected chi connectivity index (χ2v) is 10.1. The summed E-state index contributed by atoms with van der Waals surface area (Å²) in [6.07, 6.45) is 3.57. The highest BCUT2D eigenvalue weighted by Gasteiger charge is 2.33. The van der Waals surface area contributed by atoms with Gasteiger partial charge in [0.25, 0.3) is 11.5 Å². The molecule has 1 amide bonds. The second-order valence-electron chi connectivity index (χ2n) is 8.45. The second kappa shape index (κ2) is 10.6. The van der Waals surface area contributed by atoms with E-state index in [2.05, 4.69) is 17.9 Å². The van der Waals surface area contributed by atoms with Gasteiger partial charge < -0.3 is 9.64 Å². The van der Waals surface area contributed by atoms with Gasteiger partial charge in [-0.3, -0.25) is 19.1 Å². The summed E-state index contributed by atoms with van der Waals surface area (Å²) >= 11 is 6.74. The minimum Gasteiger partial charge on any atom is -0.378 e.